The largest absolute Gasteiger partial charge is 0.388 e. The molecular weight excluding hydrogens is 316 g/mol. The van der Waals surface area contributed by atoms with Crippen LogP contribution in [0, 0.1) is 19.8 Å². The van der Waals surface area contributed by atoms with Crippen molar-refractivity contribution in [1.29, 1.82) is 0 Å². The monoisotopic (exact) mass is 342 g/mol. The highest BCUT2D eigenvalue weighted by Crippen LogP contribution is 2.30. The minimum Gasteiger partial charge on any atom is -0.388 e. The number of aryl methyl sites for hydroxylation is 2. The van der Waals surface area contributed by atoms with Crippen LogP contribution in [-0.4, -0.2) is 34.2 Å². The van der Waals surface area contributed by atoms with Crippen molar-refractivity contribution >= 4 is 5.91 Å². The van der Waals surface area contributed by atoms with Crippen LogP contribution in [0.4, 0.5) is 0 Å². The average Bonchev–Trinajstić information content (AvgIpc) is 2.98. The van der Waals surface area contributed by atoms with Crippen molar-refractivity contribution in [3.05, 3.63) is 52.9 Å². The van der Waals surface area contributed by atoms with E-state index < -0.39 is 6.10 Å². The highest BCUT2D eigenvalue weighted by molar-refractivity contribution is 5.76. The normalized spacial score (nSPS) is 16.8. The number of likely N-dealkylation sites (tertiary alicyclic amines) is 1. The van der Waals surface area contributed by atoms with Crippen LogP contribution in [0.2, 0.25) is 0 Å². The number of rotatable bonds is 5. The van der Waals surface area contributed by atoms with Crippen molar-refractivity contribution in [3.63, 3.8) is 0 Å². The summed E-state index contributed by atoms with van der Waals surface area (Å²) in [6.07, 6.45) is 2.39. The molecule has 2 aromatic rings. The van der Waals surface area contributed by atoms with Gasteiger partial charge in [0, 0.05) is 25.1 Å². The molecule has 0 radical (unpaired) electrons. The fraction of sp³-hybridized carbons (Fsp3) is 0.500. The topological polar surface area (TPSA) is 66.6 Å². The molecule has 5 heteroatoms. The third-order valence-electron chi connectivity index (χ3n) is 5.25. The first-order chi connectivity index (χ1) is 12.1. The van der Waals surface area contributed by atoms with Crippen molar-refractivity contribution in [1.82, 2.24) is 10.1 Å². The molecule has 0 saturated carbocycles. The van der Waals surface area contributed by atoms with Crippen LogP contribution in [0.3, 0.4) is 0 Å². The van der Waals surface area contributed by atoms with E-state index in [1.807, 2.05) is 49.1 Å². The Morgan fingerprint density at radius 1 is 1.28 bits per heavy atom. The summed E-state index contributed by atoms with van der Waals surface area (Å²) < 4.78 is 5.15. The maximum atomic E-state index is 12.5. The Morgan fingerprint density at radius 2 is 1.96 bits per heavy atom. The van der Waals surface area contributed by atoms with Gasteiger partial charge >= 0.3 is 0 Å². The number of aliphatic hydroxyl groups excluding tert-OH is 1. The maximum Gasteiger partial charge on any atom is 0.222 e. The highest BCUT2D eigenvalue weighted by atomic mass is 16.5. The summed E-state index contributed by atoms with van der Waals surface area (Å²) in [5, 5.41) is 14.5. The number of piperidine rings is 1. The van der Waals surface area contributed by atoms with E-state index in [4.69, 9.17) is 4.52 Å². The Hall–Kier alpha value is -2.14. The number of carbonyl (C=O) groups is 1. The van der Waals surface area contributed by atoms with Gasteiger partial charge in [-0.15, -0.1) is 0 Å². The molecule has 0 bridgehead atoms. The smallest absolute Gasteiger partial charge is 0.222 e. The SMILES string of the molecule is Cc1noc(C)c1CCC(=O)N1CCC([C@H](O)c2ccccc2)CC1. The predicted molar refractivity (Wildman–Crippen MR) is 95.0 cm³/mol. The molecule has 2 heterocycles. The standard InChI is InChI=1S/C20H26N2O3/c1-14-18(15(2)25-21-14)8-9-19(23)22-12-10-17(11-13-22)20(24)16-6-4-3-5-7-16/h3-7,17,20,24H,8-13H2,1-2H3/t20-/m1/s1. The number of hydrogen-bond acceptors (Lipinski definition) is 4. The van der Waals surface area contributed by atoms with Crippen LogP contribution in [0.1, 0.15) is 47.9 Å². The molecule has 3 rings (SSSR count). The Balaban J connectivity index is 1.49. The molecule has 1 N–H and O–H groups in total. The second-order valence-corrected chi connectivity index (χ2v) is 6.88. The Bertz CT molecular complexity index is 683. The van der Waals surface area contributed by atoms with Crippen LogP contribution in [-0.2, 0) is 11.2 Å². The van der Waals surface area contributed by atoms with Gasteiger partial charge < -0.3 is 14.5 Å². The van der Waals surface area contributed by atoms with Gasteiger partial charge in [-0.2, -0.15) is 0 Å². The van der Waals surface area contributed by atoms with Crippen LogP contribution in [0.25, 0.3) is 0 Å². The number of amides is 1. The number of hydrogen-bond donors (Lipinski definition) is 1. The summed E-state index contributed by atoms with van der Waals surface area (Å²) in [6.45, 7) is 5.23. The van der Waals surface area contributed by atoms with Crippen molar-refractivity contribution in [3.8, 4) is 0 Å². The molecule has 1 atom stereocenters. The third-order valence-corrected chi connectivity index (χ3v) is 5.25. The number of benzene rings is 1. The zero-order valence-electron chi connectivity index (χ0n) is 14.9. The lowest BCUT2D eigenvalue weighted by molar-refractivity contribution is -0.133. The molecule has 25 heavy (non-hydrogen) atoms. The average molecular weight is 342 g/mol. The van der Waals surface area contributed by atoms with Gasteiger partial charge in [0.05, 0.1) is 11.8 Å². The highest BCUT2D eigenvalue weighted by Gasteiger charge is 2.28. The van der Waals surface area contributed by atoms with E-state index in [1.165, 1.54) is 0 Å². The second-order valence-electron chi connectivity index (χ2n) is 6.88. The van der Waals surface area contributed by atoms with Crippen LogP contribution in [0.15, 0.2) is 34.9 Å². The lowest BCUT2D eigenvalue weighted by Crippen LogP contribution is -2.39. The van der Waals surface area contributed by atoms with Gasteiger partial charge in [0.2, 0.25) is 5.91 Å². The molecule has 1 amide bonds. The third kappa shape index (κ3) is 4.10. The van der Waals surface area contributed by atoms with E-state index in [2.05, 4.69) is 5.16 Å². The zero-order chi connectivity index (χ0) is 17.8. The molecule has 1 saturated heterocycles. The number of carbonyl (C=O) groups excluding carboxylic acids is 1. The van der Waals surface area contributed by atoms with Crippen molar-refractivity contribution < 1.29 is 14.4 Å². The van der Waals surface area contributed by atoms with Crippen LogP contribution >= 0.6 is 0 Å². The van der Waals surface area contributed by atoms with Gasteiger partial charge in [0.1, 0.15) is 5.76 Å². The molecular formula is C20H26N2O3. The quantitative estimate of drug-likeness (QED) is 0.906. The van der Waals surface area contributed by atoms with Crippen molar-refractivity contribution in [2.45, 2.75) is 45.6 Å². The molecule has 1 aromatic carbocycles. The lowest BCUT2D eigenvalue weighted by atomic mass is 9.87. The molecule has 1 aliphatic rings. The van der Waals surface area contributed by atoms with Gasteiger partial charge in [-0.05, 0) is 44.6 Å². The minimum atomic E-state index is -0.444. The first-order valence-electron chi connectivity index (χ1n) is 8.98. The van der Waals surface area contributed by atoms with E-state index in [-0.39, 0.29) is 11.8 Å². The molecule has 1 aromatic heterocycles. The maximum absolute atomic E-state index is 12.5. The Kier molecular flexibility index (Phi) is 5.53. The fourth-order valence-corrected chi connectivity index (χ4v) is 3.64. The van der Waals surface area contributed by atoms with Crippen LogP contribution < -0.4 is 0 Å². The van der Waals surface area contributed by atoms with E-state index in [9.17, 15) is 9.90 Å². The van der Waals surface area contributed by atoms with E-state index >= 15 is 0 Å². The summed E-state index contributed by atoms with van der Waals surface area (Å²) in [5.41, 5.74) is 2.88. The Morgan fingerprint density at radius 3 is 2.56 bits per heavy atom. The van der Waals surface area contributed by atoms with E-state index in [0.29, 0.717) is 12.8 Å². The molecule has 5 nitrogen and oxygen atoms in total. The fourth-order valence-electron chi connectivity index (χ4n) is 3.64. The van der Waals surface area contributed by atoms with Crippen molar-refractivity contribution in [2.24, 2.45) is 5.92 Å². The number of aromatic nitrogens is 1. The van der Waals surface area contributed by atoms with Gasteiger partial charge in [-0.25, -0.2) is 0 Å². The molecule has 0 aliphatic carbocycles. The summed E-state index contributed by atoms with van der Waals surface area (Å²) in [5.74, 6) is 1.19. The summed E-state index contributed by atoms with van der Waals surface area (Å²) in [7, 11) is 0. The molecule has 134 valence electrons. The number of nitrogens with zero attached hydrogens (tertiary/aromatic N) is 2. The van der Waals surface area contributed by atoms with Crippen LogP contribution in [0.5, 0.6) is 0 Å². The van der Waals surface area contributed by atoms with E-state index in [0.717, 1.165) is 48.5 Å². The summed E-state index contributed by atoms with van der Waals surface area (Å²) in [4.78, 5) is 14.4. The minimum absolute atomic E-state index is 0.174. The van der Waals surface area contributed by atoms with Gasteiger partial charge in [0.25, 0.3) is 0 Å². The van der Waals surface area contributed by atoms with E-state index in [1.54, 1.807) is 0 Å². The van der Waals surface area contributed by atoms with Gasteiger partial charge in [0.15, 0.2) is 0 Å². The molecule has 1 fully saturated rings. The summed E-state index contributed by atoms with van der Waals surface area (Å²) >= 11 is 0. The molecule has 0 spiro atoms. The molecule has 0 unspecified atom stereocenters. The Labute approximate surface area is 148 Å². The second kappa shape index (κ2) is 7.83. The summed E-state index contributed by atoms with van der Waals surface area (Å²) in [6, 6.07) is 9.78. The van der Waals surface area contributed by atoms with Gasteiger partial charge in [-0.3, -0.25) is 4.79 Å². The number of aliphatic hydroxyl groups is 1. The zero-order valence-corrected chi connectivity index (χ0v) is 14.9. The molecule has 1 aliphatic heterocycles. The first-order valence-corrected chi connectivity index (χ1v) is 8.98. The lowest BCUT2D eigenvalue weighted by Gasteiger charge is -2.34. The predicted octanol–water partition coefficient (Wildman–Crippen LogP) is 3.20. The van der Waals surface area contributed by atoms with Gasteiger partial charge in [-0.1, -0.05) is 35.5 Å². The first kappa shape index (κ1) is 17.7. The van der Waals surface area contributed by atoms with Crippen molar-refractivity contribution in [2.75, 3.05) is 13.1 Å².